The summed E-state index contributed by atoms with van der Waals surface area (Å²) in [5.41, 5.74) is 5.84. The van der Waals surface area contributed by atoms with E-state index < -0.39 is 0 Å². The maximum Gasteiger partial charge on any atom is 0.241 e. The molecular weight excluding hydrogens is 656 g/mol. The second kappa shape index (κ2) is 9.13. The Morgan fingerprint density at radius 1 is 1.00 bits per heavy atom. The van der Waals surface area contributed by atoms with E-state index in [0.717, 1.165) is 21.1 Å². The number of carbonyl (C=O) groups is 1. The van der Waals surface area contributed by atoms with E-state index in [2.05, 4.69) is 113 Å². The summed E-state index contributed by atoms with van der Waals surface area (Å²) in [6.07, 6.45) is 2.00. The summed E-state index contributed by atoms with van der Waals surface area (Å²) >= 11 is 8.10. The number of hydrogen-bond donors (Lipinski definition) is 1. The molecule has 0 spiro atoms. The van der Waals surface area contributed by atoms with Gasteiger partial charge in [-0.15, -0.1) is 0 Å². The number of nitrogens with zero attached hydrogens (tertiary/aromatic N) is 2. The number of hydrazone groups is 1. The zero-order chi connectivity index (χ0) is 20.4. The Hall–Kier alpha value is -1.46. The number of amides is 1. The number of halogens is 3. The zero-order valence-corrected chi connectivity index (χ0v) is 21.1. The van der Waals surface area contributed by atoms with Crippen molar-refractivity contribution in [3.05, 3.63) is 77.8 Å². The molecule has 4 rings (SSSR count). The Morgan fingerprint density at radius 3 is 2.28 bits per heavy atom. The number of carbonyl (C=O) groups excluding carboxylic acids is 1. The highest BCUT2D eigenvalue weighted by atomic mass is 127. The van der Waals surface area contributed by atoms with Crippen LogP contribution < -0.4 is 5.43 Å². The summed E-state index contributed by atoms with van der Waals surface area (Å²) in [5.74, 6) is -0.109. The van der Waals surface area contributed by atoms with Crippen molar-refractivity contribution in [2.24, 2.45) is 5.10 Å². The molecule has 3 aromatic carbocycles. The largest absolute Gasteiger partial charge is 0.340 e. The van der Waals surface area contributed by atoms with Crippen LogP contribution in [0.15, 0.2) is 70.2 Å². The van der Waals surface area contributed by atoms with E-state index in [0.29, 0.717) is 13.0 Å². The van der Waals surface area contributed by atoms with Crippen molar-refractivity contribution in [3.63, 3.8) is 0 Å². The predicted octanol–water partition coefficient (Wildman–Crippen LogP) is 6.31. The summed E-state index contributed by atoms with van der Waals surface area (Å²) in [6, 6.07) is 20.6. The molecule has 0 saturated heterocycles. The van der Waals surface area contributed by atoms with E-state index in [1.165, 1.54) is 17.9 Å². The molecule has 0 fully saturated rings. The third-order valence-electron chi connectivity index (χ3n) is 4.60. The van der Waals surface area contributed by atoms with Crippen molar-refractivity contribution in [3.8, 4) is 0 Å². The molecule has 0 aliphatic heterocycles. The molecule has 1 amide bonds. The molecule has 0 bridgehead atoms. The van der Waals surface area contributed by atoms with E-state index in [1.54, 1.807) is 6.21 Å². The molecule has 0 aliphatic carbocycles. The SMILES string of the molecule is O=C(CCn1c2ccc(I)cc2c2cc(I)ccc21)N/N=C/c1cccc(Br)c1. The lowest BCUT2D eigenvalue weighted by Gasteiger charge is -2.07. The first-order valence-corrected chi connectivity index (χ1v) is 11.9. The Morgan fingerprint density at radius 2 is 1.66 bits per heavy atom. The van der Waals surface area contributed by atoms with Crippen molar-refractivity contribution in [1.82, 2.24) is 9.99 Å². The van der Waals surface area contributed by atoms with E-state index in [1.807, 2.05) is 24.3 Å². The van der Waals surface area contributed by atoms with Crippen molar-refractivity contribution >= 4 is 95.0 Å². The van der Waals surface area contributed by atoms with Crippen molar-refractivity contribution in [2.75, 3.05) is 0 Å². The maximum atomic E-state index is 12.3. The maximum absolute atomic E-state index is 12.3. The van der Waals surface area contributed by atoms with Crippen LogP contribution in [0.1, 0.15) is 12.0 Å². The van der Waals surface area contributed by atoms with E-state index in [9.17, 15) is 4.79 Å². The third kappa shape index (κ3) is 4.83. The zero-order valence-electron chi connectivity index (χ0n) is 15.2. The molecule has 1 aromatic heterocycles. The van der Waals surface area contributed by atoms with Gasteiger partial charge in [0, 0.05) is 46.4 Å². The minimum absolute atomic E-state index is 0.109. The summed E-state index contributed by atoms with van der Waals surface area (Å²) in [6.45, 7) is 0.597. The number of benzene rings is 3. The van der Waals surface area contributed by atoms with E-state index in [4.69, 9.17) is 0 Å². The number of aromatic nitrogens is 1. The van der Waals surface area contributed by atoms with Gasteiger partial charge in [0.15, 0.2) is 0 Å². The topological polar surface area (TPSA) is 46.4 Å². The fourth-order valence-corrected chi connectivity index (χ4v) is 4.72. The minimum atomic E-state index is -0.109. The van der Waals surface area contributed by atoms with Gasteiger partial charge in [-0.1, -0.05) is 28.1 Å². The molecule has 0 radical (unpaired) electrons. The second-order valence-corrected chi connectivity index (χ2v) is 9.98. The molecule has 29 heavy (non-hydrogen) atoms. The van der Waals surface area contributed by atoms with Crippen molar-refractivity contribution in [1.29, 1.82) is 0 Å². The molecule has 1 heterocycles. The van der Waals surface area contributed by atoms with Crippen LogP contribution in [0.3, 0.4) is 0 Å². The highest BCUT2D eigenvalue weighted by Crippen LogP contribution is 2.31. The lowest BCUT2D eigenvalue weighted by atomic mass is 10.2. The van der Waals surface area contributed by atoms with Crippen LogP contribution in [0.4, 0.5) is 0 Å². The van der Waals surface area contributed by atoms with Gasteiger partial charge in [0.1, 0.15) is 0 Å². The molecule has 7 heteroatoms. The molecule has 0 aliphatic rings. The molecule has 1 N–H and O–H groups in total. The summed E-state index contributed by atoms with van der Waals surface area (Å²) in [5, 5.41) is 6.52. The standard InChI is InChI=1S/C22H16BrI2N3O/c23-15-3-1-2-14(10-15)13-26-27-22(29)8-9-28-20-6-4-16(24)11-18(20)19-12-17(25)5-7-21(19)28/h1-7,10-13H,8-9H2,(H,27,29)/b26-13+. The number of fused-ring (bicyclic) bond motifs is 3. The van der Waals surface area contributed by atoms with Gasteiger partial charge in [-0.3, -0.25) is 4.79 Å². The Bertz CT molecular complexity index is 1190. The molecule has 4 nitrogen and oxygen atoms in total. The quantitative estimate of drug-likeness (QED) is 0.151. The highest BCUT2D eigenvalue weighted by molar-refractivity contribution is 14.1. The van der Waals surface area contributed by atoms with E-state index >= 15 is 0 Å². The van der Waals surface area contributed by atoms with Gasteiger partial charge in [0.2, 0.25) is 5.91 Å². The van der Waals surface area contributed by atoms with Gasteiger partial charge in [0.25, 0.3) is 0 Å². The van der Waals surface area contributed by atoms with Crippen LogP contribution in [0.25, 0.3) is 21.8 Å². The van der Waals surface area contributed by atoms with Gasteiger partial charge in [-0.05, 0) is 99.3 Å². The van der Waals surface area contributed by atoms with Gasteiger partial charge < -0.3 is 4.57 Å². The van der Waals surface area contributed by atoms with Gasteiger partial charge >= 0.3 is 0 Å². The molecular formula is C22H16BrI2N3O. The van der Waals surface area contributed by atoms with Crippen LogP contribution in [0, 0.1) is 7.14 Å². The highest BCUT2D eigenvalue weighted by Gasteiger charge is 2.12. The number of hydrogen-bond acceptors (Lipinski definition) is 2. The lowest BCUT2D eigenvalue weighted by Crippen LogP contribution is -2.19. The van der Waals surface area contributed by atoms with Gasteiger partial charge in [0.05, 0.1) is 6.21 Å². The number of nitrogens with one attached hydrogen (secondary N) is 1. The Balaban J connectivity index is 1.52. The van der Waals surface area contributed by atoms with Crippen LogP contribution in [-0.4, -0.2) is 16.7 Å². The van der Waals surface area contributed by atoms with Crippen LogP contribution in [-0.2, 0) is 11.3 Å². The third-order valence-corrected chi connectivity index (χ3v) is 6.44. The first-order valence-electron chi connectivity index (χ1n) is 8.96. The molecule has 0 atom stereocenters. The summed E-state index contributed by atoms with van der Waals surface area (Å²) in [7, 11) is 0. The summed E-state index contributed by atoms with van der Waals surface area (Å²) < 4.78 is 5.60. The van der Waals surface area contributed by atoms with Gasteiger partial charge in [-0.25, -0.2) is 5.43 Å². The van der Waals surface area contributed by atoms with Crippen LogP contribution in [0.5, 0.6) is 0 Å². The van der Waals surface area contributed by atoms with Crippen LogP contribution >= 0.6 is 61.1 Å². The molecule has 146 valence electrons. The predicted molar refractivity (Wildman–Crippen MR) is 139 cm³/mol. The molecule has 0 unspecified atom stereocenters. The molecule has 0 saturated carbocycles. The van der Waals surface area contributed by atoms with E-state index in [-0.39, 0.29) is 5.91 Å². The van der Waals surface area contributed by atoms with Gasteiger partial charge in [-0.2, -0.15) is 5.10 Å². The normalized spacial score (nSPS) is 11.6. The first kappa shape index (κ1) is 20.8. The lowest BCUT2D eigenvalue weighted by molar-refractivity contribution is -0.121. The fourth-order valence-electron chi connectivity index (χ4n) is 3.32. The summed E-state index contributed by atoms with van der Waals surface area (Å²) in [4.78, 5) is 12.3. The smallest absolute Gasteiger partial charge is 0.241 e. The number of rotatable bonds is 5. The second-order valence-electron chi connectivity index (χ2n) is 6.57. The van der Waals surface area contributed by atoms with Crippen molar-refractivity contribution in [2.45, 2.75) is 13.0 Å². The average Bonchev–Trinajstić information content (AvgIpc) is 2.98. The van der Waals surface area contributed by atoms with Crippen LogP contribution in [0.2, 0.25) is 0 Å². The monoisotopic (exact) mass is 671 g/mol. The van der Waals surface area contributed by atoms with Crippen molar-refractivity contribution < 1.29 is 4.79 Å². The first-order chi connectivity index (χ1) is 14.0. The Kier molecular flexibility index (Phi) is 6.55. The fraction of sp³-hybridized carbons (Fsp3) is 0.0909. The molecule has 4 aromatic rings. The number of aryl methyl sites for hydroxylation is 1. The Labute approximate surface area is 204 Å². The average molecular weight is 672 g/mol. The minimum Gasteiger partial charge on any atom is -0.340 e.